The van der Waals surface area contributed by atoms with Crippen molar-refractivity contribution in [1.82, 2.24) is 4.57 Å². The number of hydrogen-bond donors (Lipinski definition) is 0. The van der Waals surface area contributed by atoms with Crippen molar-refractivity contribution in [2.45, 2.75) is 19.9 Å². The first-order valence-electron chi connectivity index (χ1n) is 7.93. The first-order valence-corrected chi connectivity index (χ1v) is 9.13. The van der Waals surface area contributed by atoms with Crippen LogP contribution in [-0.4, -0.2) is 17.3 Å². The molecule has 0 aliphatic carbocycles. The Kier molecular flexibility index (Phi) is 4.23. The molecule has 128 valence electrons. The molecular formula is C18H15ClN2O3S. The van der Waals surface area contributed by atoms with Crippen LogP contribution in [0.4, 0.5) is 0 Å². The fourth-order valence-electron chi connectivity index (χ4n) is 2.76. The number of halogens is 1. The highest BCUT2D eigenvalue weighted by atomic mass is 35.5. The van der Waals surface area contributed by atoms with Gasteiger partial charge in [0.25, 0.3) is 5.91 Å². The standard InChI is InChI=1S/C18H15ClN2O3S/c1-2-6-21-13-8-14-15(24-10-23-14)9-16(13)25-18(21)20-17(22)11-4-3-5-12(19)7-11/h3-5,7-9H,2,6,10H2,1H3. The van der Waals surface area contributed by atoms with E-state index in [0.717, 1.165) is 34.7 Å². The summed E-state index contributed by atoms with van der Waals surface area (Å²) in [6.45, 7) is 3.10. The van der Waals surface area contributed by atoms with Crippen LogP contribution in [0, 0.1) is 0 Å². The van der Waals surface area contributed by atoms with Crippen LogP contribution < -0.4 is 14.3 Å². The molecule has 5 nitrogen and oxygen atoms in total. The minimum absolute atomic E-state index is 0.241. The number of aryl methyl sites for hydroxylation is 1. The summed E-state index contributed by atoms with van der Waals surface area (Å²) in [5, 5.41) is 0.518. The molecule has 4 rings (SSSR count). The zero-order valence-corrected chi connectivity index (χ0v) is 15.1. The van der Waals surface area contributed by atoms with E-state index in [4.69, 9.17) is 21.1 Å². The number of ether oxygens (including phenoxy) is 2. The third-order valence-corrected chi connectivity index (χ3v) is 5.17. The molecule has 1 amide bonds. The van der Waals surface area contributed by atoms with Crippen LogP contribution in [0.15, 0.2) is 41.4 Å². The Bertz CT molecular complexity index is 1040. The van der Waals surface area contributed by atoms with Gasteiger partial charge in [0.1, 0.15) is 0 Å². The largest absolute Gasteiger partial charge is 0.454 e. The Labute approximate surface area is 153 Å². The van der Waals surface area contributed by atoms with Gasteiger partial charge in [-0.15, -0.1) is 0 Å². The predicted octanol–water partition coefficient (Wildman–Crippen LogP) is 4.24. The van der Waals surface area contributed by atoms with Gasteiger partial charge >= 0.3 is 0 Å². The van der Waals surface area contributed by atoms with Gasteiger partial charge in [-0.1, -0.05) is 35.9 Å². The summed E-state index contributed by atoms with van der Waals surface area (Å²) in [5.41, 5.74) is 1.47. The summed E-state index contributed by atoms with van der Waals surface area (Å²) in [6, 6.07) is 10.7. The molecule has 3 aromatic rings. The van der Waals surface area contributed by atoms with Crippen LogP contribution in [0.5, 0.6) is 11.5 Å². The maximum absolute atomic E-state index is 12.5. The number of thiazole rings is 1. The molecule has 0 N–H and O–H groups in total. The summed E-state index contributed by atoms with van der Waals surface area (Å²) in [7, 11) is 0. The van der Waals surface area contributed by atoms with Crippen LogP contribution >= 0.6 is 22.9 Å². The quantitative estimate of drug-likeness (QED) is 0.689. The number of aromatic nitrogens is 1. The molecule has 25 heavy (non-hydrogen) atoms. The number of fused-ring (bicyclic) bond motifs is 2. The van der Waals surface area contributed by atoms with E-state index in [0.29, 0.717) is 15.4 Å². The minimum Gasteiger partial charge on any atom is -0.454 e. The monoisotopic (exact) mass is 374 g/mol. The molecule has 1 aliphatic rings. The Morgan fingerprint density at radius 2 is 2.08 bits per heavy atom. The first kappa shape index (κ1) is 16.2. The van der Waals surface area contributed by atoms with Crippen LogP contribution in [0.1, 0.15) is 23.7 Å². The second-order valence-electron chi connectivity index (χ2n) is 5.64. The van der Waals surface area contributed by atoms with Gasteiger partial charge in [0.15, 0.2) is 16.3 Å². The molecule has 1 aliphatic heterocycles. The van der Waals surface area contributed by atoms with Crippen LogP contribution in [-0.2, 0) is 6.54 Å². The molecule has 0 radical (unpaired) electrons. The second-order valence-corrected chi connectivity index (χ2v) is 7.08. The zero-order valence-electron chi connectivity index (χ0n) is 13.5. The van der Waals surface area contributed by atoms with Gasteiger partial charge in [0.05, 0.1) is 10.2 Å². The molecule has 2 aromatic carbocycles. The van der Waals surface area contributed by atoms with Crippen molar-refractivity contribution in [3.05, 3.63) is 51.8 Å². The fourth-order valence-corrected chi connectivity index (χ4v) is 4.01. The van der Waals surface area contributed by atoms with E-state index >= 15 is 0 Å². The zero-order chi connectivity index (χ0) is 17.4. The van der Waals surface area contributed by atoms with E-state index in [9.17, 15) is 4.79 Å². The molecule has 2 heterocycles. The topological polar surface area (TPSA) is 52.8 Å². The fraction of sp³-hybridized carbons (Fsp3) is 0.222. The van der Waals surface area contributed by atoms with Crippen molar-refractivity contribution in [3.63, 3.8) is 0 Å². The second kappa shape index (κ2) is 6.54. The van der Waals surface area contributed by atoms with Gasteiger partial charge in [-0.2, -0.15) is 4.99 Å². The molecule has 7 heteroatoms. The maximum atomic E-state index is 12.5. The van der Waals surface area contributed by atoms with Crippen molar-refractivity contribution in [2.24, 2.45) is 4.99 Å². The molecule has 0 atom stereocenters. The highest BCUT2D eigenvalue weighted by Crippen LogP contribution is 2.37. The van der Waals surface area contributed by atoms with Gasteiger partial charge < -0.3 is 14.0 Å². The molecule has 1 aromatic heterocycles. The molecule has 0 unspecified atom stereocenters. The normalized spacial score (nSPS) is 13.6. The summed E-state index contributed by atoms with van der Waals surface area (Å²) in [4.78, 5) is 17.5. The van der Waals surface area contributed by atoms with Gasteiger partial charge in [0.2, 0.25) is 6.79 Å². The van der Waals surface area contributed by atoms with E-state index in [1.807, 2.05) is 16.7 Å². The van der Waals surface area contributed by atoms with Crippen molar-refractivity contribution < 1.29 is 14.3 Å². The van der Waals surface area contributed by atoms with Gasteiger partial charge in [0, 0.05) is 29.3 Å². The van der Waals surface area contributed by atoms with Crippen molar-refractivity contribution in [2.75, 3.05) is 6.79 Å². The van der Waals surface area contributed by atoms with Crippen molar-refractivity contribution >= 4 is 39.1 Å². The van der Waals surface area contributed by atoms with E-state index in [1.54, 1.807) is 24.3 Å². The number of hydrogen-bond acceptors (Lipinski definition) is 4. The van der Waals surface area contributed by atoms with E-state index < -0.39 is 0 Å². The van der Waals surface area contributed by atoms with Gasteiger partial charge in [-0.25, -0.2) is 0 Å². The highest BCUT2D eigenvalue weighted by Gasteiger charge is 2.18. The third kappa shape index (κ3) is 3.03. The third-order valence-electron chi connectivity index (χ3n) is 3.89. The number of amides is 1. The van der Waals surface area contributed by atoms with E-state index in [-0.39, 0.29) is 12.7 Å². The number of rotatable bonds is 3. The lowest BCUT2D eigenvalue weighted by atomic mass is 10.2. The molecule has 0 saturated carbocycles. The lowest BCUT2D eigenvalue weighted by molar-refractivity contribution is 0.0998. The lowest BCUT2D eigenvalue weighted by Crippen LogP contribution is -2.16. The van der Waals surface area contributed by atoms with Gasteiger partial charge in [-0.3, -0.25) is 4.79 Å². The Morgan fingerprint density at radius 3 is 2.84 bits per heavy atom. The molecular weight excluding hydrogens is 360 g/mol. The predicted molar refractivity (Wildman–Crippen MR) is 97.6 cm³/mol. The average Bonchev–Trinajstić information content (AvgIpc) is 3.18. The number of carbonyl (C=O) groups excluding carboxylic acids is 1. The molecule has 0 fully saturated rings. The molecule has 0 saturated heterocycles. The van der Waals surface area contributed by atoms with Crippen LogP contribution in [0.2, 0.25) is 5.02 Å². The highest BCUT2D eigenvalue weighted by molar-refractivity contribution is 7.16. The average molecular weight is 375 g/mol. The Hall–Kier alpha value is -2.31. The first-order chi connectivity index (χ1) is 12.2. The lowest BCUT2D eigenvalue weighted by Gasteiger charge is -2.03. The number of carbonyl (C=O) groups is 1. The van der Waals surface area contributed by atoms with Crippen molar-refractivity contribution in [1.29, 1.82) is 0 Å². The summed E-state index contributed by atoms with van der Waals surface area (Å²) < 4.78 is 14.0. The smallest absolute Gasteiger partial charge is 0.279 e. The van der Waals surface area contributed by atoms with Gasteiger partial charge in [-0.05, 0) is 24.6 Å². The SMILES string of the molecule is CCCn1c(=NC(=O)c2cccc(Cl)c2)sc2cc3c(cc21)OCO3. The maximum Gasteiger partial charge on any atom is 0.279 e. The Balaban J connectivity index is 1.85. The van der Waals surface area contributed by atoms with E-state index in [2.05, 4.69) is 11.9 Å². The summed E-state index contributed by atoms with van der Waals surface area (Å²) in [6.07, 6.45) is 0.929. The van der Waals surface area contributed by atoms with Crippen molar-refractivity contribution in [3.8, 4) is 11.5 Å². The molecule has 0 bridgehead atoms. The van der Waals surface area contributed by atoms with E-state index in [1.165, 1.54) is 11.3 Å². The number of benzene rings is 2. The van der Waals surface area contributed by atoms with Crippen LogP contribution in [0.3, 0.4) is 0 Å². The molecule has 0 spiro atoms. The minimum atomic E-state index is -0.307. The van der Waals surface area contributed by atoms with Crippen LogP contribution in [0.25, 0.3) is 10.2 Å². The Morgan fingerprint density at radius 1 is 1.28 bits per heavy atom. The summed E-state index contributed by atoms with van der Waals surface area (Å²) >= 11 is 7.43. The summed E-state index contributed by atoms with van der Waals surface area (Å²) in [5.74, 6) is 1.15. The number of nitrogens with zero attached hydrogens (tertiary/aromatic N) is 2.